The minimum Gasteiger partial charge on any atom is -0.481 e. The predicted octanol–water partition coefficient (Wildman–Crippen LogP) is 1.67. The number of rotatable bonds is 2. The van der Waals surface area contributed by atoms with Crippen molar-refractivity contribution >= 4 is 5.97 Å². The Morgan fingerprint density at radius 2 is 2.08 bits per heavy atom. The fraction of sp³-hybridized carbons (Fsp3) is 0.900. The van der Waals surface area contributed by atoms with Gasteiger partial charge in [-0.25, -0.2) is 0 Å². The van der Waals surface area contributed by atoms with E-state index in [1.54, 1.807) is 7.11 Å². The first-order valence-corrected chi connectivity index (χ1v) is 4.95. The number of hydrogen-bond donors (Lipinski definition) is 1. The summed E-state index contributed by atoms with van der Waals surface area (Å²) in [6, 6.07) is 0. The summed E-state index contributed by atoms with van der Waals surface area (Å²) < 4.78 is 5.48. The molecule has 0 radical (unpaired) electrons. The Balaban J connectivity index is 2.15. The summed E-state index contributed by atoms with van der Waals surface area (Å²) in [5, 5.41) is 9.01. The topological polar surface area (TPSA) is 46.5 Å². The summed E-state index contributed by atoms with van der Waals surface area (Å²) in [4.78, 5) is 10.9. The van der Waals surface area contributed by atoms with Crippen LogP contribution in [0.2, 0.25) is 0 Å². The van der Waals surface area contributed by atoms with E-state index in [9.17, 15) is 4.79 Å². The number of carboxylic acid groups (broad SMARTS) is 1. The van der Waals surface area contributed by atoms with Crippen LogP contribution in [0.4, 0.5) is 0 Å². The first-order valence-electron chi connectivity index (χ1n) is 4.95. The fourth-order valence-electron chi connectivity index (χ4n) is 2.92. The molecule has 1 atom stereocenters. The summed E-state index contributed by atoms with van der Waals surface area (Å²) in [5.74, 6) is -0.372. The molecule has 13 heavy (non-hydrogen) atoms. The third-order valence-electron chi connectivity index (χ3n) is 3.85. The van der Waals surface area contributed by atoms with Crippen molar-refractivity contribution in [1.29, 1.82) is 0 Å². The lowest BCUT2D eigenvalue weighted by molar-refractivity contribution is -0.160. The SMILES string of the molecule is COC12CCC(CC1)C(C(=O)O)C2. The monoisotopic (exact) mass is 184 g/mol. The lowest BCUT2D eigenvalue weighted by atomic mass is 9.62. The number of aliphatic carboxylic acids is 1. The highest BCUT2D eigenvalue weighted by atomic mass is 16.5. The fourth-order valence-corrected chi connectivity index (χ4v) is 2.92. The summed E-state index contributed by atoms with van der Waals surface area (Å²) in [5.41, 5.74) is -0.0994. The van der Waals surface area contributed by atoms with E-state index in [1.807, 2.05) is 0 Å². The van der Waals surface area contributed by atoms with Crippen molar-refractivity contribution in [2.24, 2.45) is 11.8 Å². The van der Waals surface area contributed by atoms with Crippen molar-refractivity contribution in [3.63, 3.8) is 0 Å². The third kappa shape index (κ3) is 1.35. The van der Waals surface area contributed by atoms with Crippen molar-refractivity contribution in [3.05, 3.63) is 0 Å². The van der Waals surface area contributed by atoms with Gasteiger partial charge in [0.15, 0.2) is 0 Å². The molecule has 2 bridgehead atoms. The lowest BCUT2D eigenvalue weighted by Crippen LogP contribution is -2.48. The molecule has 0 saturated heterocycles. The largest absolute Gasteiger partial charge is 0.481 e. The Morgan fingerprint density at radius 1 is 1.46 bits per heavy atom. The molecule has 0 spiro atoms. The first-order chi connectivity index (χ1) is 6.17. The van der Waals surface area contributed by atoms with Crippen LogP contribution in [-0.4, -0.2) is 23.8 Å². The molecule has 0 aromatic carbocycles. The van der Waals surface area contributed by atoms with Crippen LogP contribution < -0.4 is 0 Å². The molecule has 3 aliphatic rings. The summed E-state index contributed by atoms with van der Waals surface area (Å²) >= 11 is 0. The van der Waals surface area contributed by atoms with E-state index in [4.69, 9.17) is 9.84 Å². The predicted molar refractivity (Wildman–Crippen MR) is 47.4 cm³/mol. The van der Waals surface area contributed by atoms with Crippen LogP contribution in [0.15, 0.2) is 0 Å². The van der Waals surface area contributed by atoms with Crippen LogP contribution >= 0.6 is 0 Å². The molecule has 1 N–H and O–H groups in total. The maximum Gasteiger partial charge on any atom is 0.306 e. The Hall–Kier alpha value is -0.570. The van der Waals surface area contributed by atoms with Gasteiger partial charge in [-0.3, -0.25) is 4.79 Å². The second-order valence-corrected chi connectivity index (χ2v) is 4.37. The minimum absolute atomic E-state index is 0.0994. The number of carboxylic acids is 1. The van der Waals surface area contributed by atoms with Crippen molar-refractivity contribution < 1.29 is 14.6 Å². The van der Waals surface area contributed by atoms with Gasteiger partial charge in [-0.2, -0.15) is 0 Å². The quantitative estimate of drug-likeness (QED) is 0.710. The second kappa shape index (κ2) is 2.98. The van der Waals surface area contributed by atoms with Crippen LogP contribution in [0.1, 0.15) is 32.1 Å². The van der Waals surface area contributed by atoms with E-state index in [0.717, 1.165) is 32.1 Å². The van der Waals surface area contributed by atoms with Gasteiger partial charge < -0.3 is 9.84 Å². The first kappa shape index (κ1) is 9.00. The number of methoxy groups -OCH3 is 1. The Kier molecular flexibility index (Phi) is 2.06. The van der Waals surface area contributed by atoms with Gasteiger partial charge in [0.1, 0.15) is 0 Å². The maximum atomic E-state index is 10.9. The van der Waals surface area contributed by atoms with Crippen LogP contribution in [0.3, 0.4) is 0 Å². The normalized spacial score (nSPS) is 43.5. The van der Waals surface area contributed by atoms with Crippen LogP contribution in [-0.2, 0) is 9.53 Å². The average Bonchev–Trinajstić information content (AvgIpc) is 2.19. The van der Waals surface area contributed by atoms with Gasteiger partial charge in [-0.05, 0) is 38.0 Å². The standard InChI is InChI=1S/C10H16O3/c1-13-10-4-2-7(3-5-10)8(6-10)9(11)12/h7-8H,2-6H2,1H3,(H,11,12). The summed E-state index contributed by atoms with van der Waals surface area (Å²) in [7, 11) is 1.71. The molecule has 74 valence electrons. The van der Waals surface area contributed by atoms with Gasteiger partial charge in [0.05, 0.1) is 11.5 Å². The van der Waals surface area contributed by atoms with E-state index in [2.05, 4.69) is 0 Å². The minimum atomic E-state index is -0.633. The number of carbonyl (C=O) groups is 1. The zero-order valence-electron chi connectivity index (χ0n) is 7.95. The number of hydrogen-bond acceptors (Lipinski definition) is 2. The molecule has 0 aromatic heterocycles. The van der Waals surface area contributed by atoms with Gasteiger partial charge in [0.25, 0.3) is 0 Å². The molecule has 3 saturated carbocycles. The van der Waals surface area contributed by atoms with E-state index in [0.29, 0.717) is 5.92 Å². The zero-order valence-corrected chi connectivity index (χ0v) is 7.95. The van der Waals surface area contributed by atoms with Crippen molar-refractivity contribution in [2.75, 3.05) is 7.11 Å². The van der Waals surface area contributed by atoms with E-state index in [1.165, 1.54) is 0 Å². The maximum absolute atomic E-state index is 10.9. The number of ether oxygens (including phenoxy) is 1. The summed E-state index contributed by atoms with van der Waals surface area (Å²) in [6.07, 6.45) is 4.90. The molecular weight excluding hydrogens is 168 g/mol. The van der Waals surface area contributed by atoms with Gasteiger partial charge >= 0.3 is 5.97 Å². The summed E-state index contributed by atoms with van der Waals surface area (Å²) in [6.45, 7) is 0. The Labute approximate surface area is 78.1 Å². The lowest BCUT2D eigenvalue weighted by Gasteiger charge is -2.48. The molecule has 0 aliphatic heterocycles. The molecule has 3 fully saturated rings. The smallest absolute Gasteiger partial charge is 0.306 e. The second-order valence-electron chi connectivity index (χ2n) is 4.37. The molecule has 1 unspecified atom stereocenters. The Bertz CT molecular complexity index is 216. The molecule has 0 amide bonds. The van der Waals surface area contributed by atoms with Crippen LogP contribution in [0.25, 0.3) is 0 Å². The molecule has 3 rings (SSSR count). The molecule has 0 aromatic rings. The van der Waals surface area contributed by atoms with E-state index < -0.39 is 5.97 Å². The third-order valence-corrected chi connectivity index (χ3v) is 3.85. The average molecular weight is 184 g/mol. The molecular formula is C10H16O3. The highest BCUT2D eigenvalue weighted by Gasteiger charge is 2.48. The molecule has 3 heteroatoms. The van der Waals surface area contributed by atoms with Crippen LogP contribution in [0.5, 0.6) is 0 Å². The van der Waals surface area contributed by atoms with Crippen LogP contribution in [0, 0.1) is 11.8 Å². The van der Waals surface area contributed by atoms with Crippen molar-refractivity contribution in [2.45, 2.75) is 37.7 Å². The van der Waals surface area contributed by atoms with Gasteiger partial charge in [0, 0.05) is 7.11 Å². The van der Waals surface area contributed by atoms with E-state index in [-0.39, 0.29) is 11.5 Å². The highest BCUT2D eigenvalue weighted by Crippen LogP contribution is 2.49. The van der Waals surface area contributed by atoms with Gasteiger partial charge in [-0.15, -0.1) is 0 Å². The van der Waals surface area contributed by atoms with E-state index >= 15 is 0 Å². The number of fused-ring (bicyclic) bond motifs is 3. The highest BCUT2D eigenvalue weighted by molar-refractivity contribution is 5.71. The molecule has 0 heterocycles. The van der Waals surface area contributed by atoms with Crippen molar-refractivity contribution in [3.8, 4) is 0 Å². The Morgan fingerprint density at radius 3 is 2.54 bits per heavy atom. The van der Waals surface area contributed by atoms with Gasteiger partial charge in [0.2, 0.25) is 0 Å². The zero-order chi connectivity index (χ0) is 9.47. The molecule has 3 aliphatic carbocycles. The van der Waals surface area contributed by atoms with Crippen molar-refractivity contribution in [1.82, 2.24) is 0 Å². The van der Waals surface area contributed by atoms with Gasteiger partial charge in [-0.1, -0.05) is 0 Å². The molecule has 3 nitrogen and oxygen atoms in total.